The first-order valence-electron chi connectivity index (χ1n) is 7.73. The number of hydrogen-bond acceptors (Lipinski definition) is 2. The number of aryl methyl sites for hydroxylation is 2. The van der Waals surface area contributed by atoms with E-state index in [-0.39, 0.29) is 17.5 Å². The van der Waals surface area contributed by atoms with Crippen LogP contribution in [0, 0.1) is 12.8 Å². The Morgan fingerprint density at radius 1 is 1.38 bits per heavy atom. The van der Waals surface area contributed by atoms with Crippen molar-refractivity contribution in [1.82, 2.24) is 14.9 Å². The van der Waals surface area contributed by atoms with Gasteiger partial charge in [0.25, 0.3) is 5.91 Å². The SMILES string of the molecule is Cc1ccc(C(F)(F)F)cc1C(=O)NC(c1nccn1C)C1CC1. The van der Waals surface area contributed by atoms with Crippen LogP contribution < -0.4 is 5.32 Å². The van der Waals surface area contributed by atoms with Gasteiger partial charge in [-0.05, 0) is 43.4 Å². The lowest BCUT2D eigenvalue weighted by Gasteiger charge is -2.19. The number of carbonyl (C=O) groups excluding carboxylic acids is 1. The summed E-state index contributed by atoms with van der Waals surface area (Å²) in [5.41, 5.74) is -0.266. The molecule has 0 aliphatic heterocycles. The molecule has 1 aliphatic rings. The third-order valence-corrected chi connectivity index (χ3v) is 4.33. The van der Waals surface area contributed by atoms with E-state index in [0.29, 0.717) is 5.56 Å². The number of amides is 1. The normalized spacial score (nSPS) is 16.0. The maximum Gasteiger partial charge on any atom is 0.416 e. The lowest BCUT2D eigenvalue weighted by Crippen LogP contribution is -2.32. The summed E-state index contributed by atoms with van der Waals surface area (Å²) in [4.78, 5) is 16.8. The van der Waals surface area contributed by atoms with Gasteiger partial charge in [-0.1, -0.05) is 6.07 Å². The Morgan fingerprint density at radius 2 is 2.08 bits per heavy atom. The fourth-order valence-corrected chi connectivity index (χ4v) is 2.76. The zero-order chi connectivity index (χ0) is 17.5. The Morgan fingerprint density at radius 3 is 2.62 bits per heavy atom. The molecule has 128 valence electrons. The lowest BCUT2D eigenvalue weighted by atomic mass is 10.0. The summed E-state index contributed by atoms with van der Waals surface area (Å²) in [6, 6.07) is 2.94. The van der Waals surface area contributed by atoms with E-state index < -0.39 is 17.6 Å². The second-order valence-corrected chi connectivity index (χ2v) is 6.21. The van der Waals surface area contributed by atoms with Crippen LogP contribution in [0.15, 0.2) is 30.6 Å². The van der Waals surface area contributed by atoms with E-state index in [4.69, 9.17) is 0 Å². The van der Waals surface area contributed by atoms with Crippen LogP contribution in [0.3, 0.4) is 0 Å². The molecule has 1 N–H and O–H groups in total. The van der Waals surface area contributed by atoms with E-state index in [1.54, 1.807) is 19.3 Å². The number of imidazole rings is 1. The third kappa shape index (κ3) is 3.29. The van der Waals surface area contributed by atoms with Crippen LogP contribution in [-0.2, 0) is 13.2 Å². The third-order valence-electron chi connectivity index (χ3n) is 4.33. The van der Waals surface area contributed by atoms with Crippen molar-refractivity contribution >= 4 is 5.91 Å². The highest BCUT2D eigenvalue weighted by molar-refractivity contribution is 5.96. The molecule has 1 saturated carbocycles. The maximum absolute atomic E-state index is 12.9. The standard InChI is InChI=1S/C17H18F3N3O/c1-10-3-6-12(17(18,19)20)9-13(10)16(24)22-14(11-4-5-11)15-21-7-8-23(15)2/h3,6-9,11,14H,4-5H2,1-2H3,(H,22,24). The number of halogens is 3. The lowest BCUT2D eigenvalue weighted by molar-refractivity contribution is -0.137. The Bertz CT molecular complexity index is 763. The molecule has 1 aromatic heterocycles. The predicted octanol–water partition coefficient (Wildman–Crippen LogP) is 3.63. The fraction of sp³-hybridized carbons (Fsp3) is 0.412. The van der Waals surface area contributed by atoms with E-state index in [2.05, 4.69) is 10.3 Å². The molecule has 24 heavy (non-hydrogen) atoms. The summed E-state index contributed by atoms with van der Waals surface area (Å²) in [6.07, 6.45) is 0.899. The van der Waals surface area contributed by atoms with Crippen LogP contribution in [0.2, 0.25) is 0 Å². The molecule has 4 nitrogen and oxygen atoms in total. The minimum atomic E-state index is -4.47. The van der Waals surface area contributed by atoms with Crippen LogP contribution in [0.5, 0.6) is 0 Å². The van der Waals surface area contributed by atoms with Crippen LogP contribution in [-0.4, -0.2) is 15.5 Å². The second-order valence-electron chi connectivity index (χ2n) is 6.21. The number of carbonyl (C=O) groups is 1. The van der Waals surface area contributed by atoms with Crippen molar-refractivity contribution in [2.75, 3.05) is 0 Å². The molecule has 1 fully saturated rings. The Hall–Kier alpha value is -2.31. The van der Waals surface area contributed by atoms with Gasteiger partial charge in [-0.25, -0.2) is 4.98 Å². The molecular formula is C17H18F3N3O. The Balaban J connectivity index is 1.87. The molecule has 1 aliphatic carbocycles. The zero-order valence-corrected chi connectivity index (χ0v) is 13.4. The molecule has 0 spiro atoms. The first kappa shape index (κ1) is 16.5. The molecule has 1 unspecified atom stereocenters. The van der Waals surface area contributed by atoms with Crippen molar-refractivity contribution in [1.29, 1.82) is 0 Å². The van der Waals surface area contributed by atoms with Gasteiger partial charge in [0.05, 0.1) is 11.6 Å². The fourth-order valence-electron chi connectivity index (χ4n) is 2.76. The number of hydrogen-bond donors (Lipinski definition) is 1. The van der Waals surface area contributed by atoms with Crippen molar-refractivity contribution in [3.05, 3.63) is 53.1 Å². The van der Waals surface area contributed by atoms with Crippen molar-refractivity contribution in [3.8, 4) is 0 Å². The van der Waals surface area contributed by atoms with Crippen LogP contribution >= 0.6 is 0 Å². The summed E-state index contributed by atoms with van der Waals surface area (Å²) < 4.78 is 40.5. The van der Waals surface area contributed by atoms with E-state index in [9.17, 15) is 18.0 Å². The molecular weight excluding hydrogens is 319 g/mol. The molecule has 1 aromatic carbocycles. The average Bonchev–Trinajstić information content (AvgIpc) is 3.26. The molecule has 1 amide bonds. The molecule has 7 heteroatoms. The van der Waals surface area contributed by atoms with E-state index in [0.717, 1.165) is 30.8 Å². The molecule has 0 bridgehead atoms. The van der Waals surface area contributed by atoms with Gasteiger partial charge in [-0.15, -0.1) is 0 Å². The van der Waals surface area contributed by atoms with Crippen molar-refractivity contribution in [3.63, 3.8) is 0 Å². The van der Waals surface area contributed by atoms with Gasteiger partial charge in [-0.3, -0.25) is 4.79 Å². The molecule has 3 rings (SSSR count). The highest BCUT2D eigenvalue weighted by Crippen LogP contribution is 2.40. The van der Waals surface area contributed by atoms with Gasteiger partial charge in [0.1, 0.15) is 5.82 Å². The monoisotopic (exact) mass is 337 g/mol. The molecule has 2 aromatic rings. The maximum atomic E-state index is 12.9. The predicted molar refractivity (Wildman–Crippen MR) is 82.3 cm³/mol. The average molecular weight is 337 g/mol. The van der Waals surface area contributed by atoms with E-state index in [1.807, 2.05) is 11.6 Å². The summed E-state index contributed by atoms with van der Waals surface area (Å²) >= 11 is 0. The Labute approximate surface area is 137 Å². The quantitative estimate of drug-likeness (QED) is 0.926. The number of aromatic nitrogens is 2. The van der Waals surface area contributed by atoms with Gasteiger partial charge >= 0.3 is 6.18 Å². The minimum Gasteiger partial charge on any atom is -0.342 e. The second kappa shape index (κ2) is 5.96. The van der Waals surface area contributed by atoms with Gasteiger partial charge in [0, 0.05) is 25.0 Å². The van der Waals surface area contributed by atoms with Crippen LogP contribution in [0.4, 0.5) is 13.2 Å². The number of nitrogens with zero attached hydrogens (tertiary/aromatic N) is 2. The largest absolute Gasteiger partial charge is 0.416 e. The number of rotatable bonds is 4. The van der Waals surface area contributed by atoms with Gasteiger partial charge in [0.15, 0.2) is 0 Å². The van der Waals surface area contributed by atoms with Crippen LogP contribution in [0.1, 0.15) is 46.2 Å². The number of alkyl halides is 3. The smallest absolute Gasteiger partial charge is 0.342 e. The number of benzene rings is 1. The van der Waals surface area contributed by atoms with Gasteiger partial charge in [0.2, 0.25) is 0 Å². The summed E-state index contributed by atoms with van der Waals surface area (Å²) in [6.45, 7) is 1.63. The van der Waals surface area contributed by atoms with Crippen molar-refractivity contribution in [2.45, 2.75) is 32.0 Å². The first-order chi connectivity index (χ1) is 11.3. The summed E-state index contributed by atoms with van der Waals surface area (Å²) in [5.74, 6) is 0.495. The van der Waals surface area contributed by atoms with Gasteiger partial charge in [-0.2, -0.15) is 13.2 Å². The molecule has 1 atom stereocenters. The molecule has 0 saturated heterocycles. The highest BCUT2D eigenvalue weighted by Gasteiger charge is 2.36. The number of nitrogens with one attached hydrogen (secondary N) is 1. The molecule has 1 heterocycles. The van der Waals surface area contributed by atoms with Gasteiger partial charge < -0.3 is 9.88 Å². The Kier molecular flexibility index (Phi) is 4.11. The zero-order valence-electron chi connectivity index (χ0n) is 13.4. The molecule has 0 radical (unpaired) electrons. The van der Waals surface area contributed by atoms with Crippen molar-refractivity contribution < 1.29 is 18.0 Å². The minimum absolute atomic E-state index is 0.0460. The van der Waals surface area contributed by atoms with Crippen LogP contribution in [0.25, 0.3) is 0 Å². The summed E-state index contributed by atoms with van der Waals surface area (Å²) in [5, 5.41) is 2.87. The topological polar surface area (TPSA) is 46.9 Å². The van der Waals surface area contributed by atoms with Crippen molar-refractivity contribution in [2.24, 2.45) is 13.0 Å². The highest BCUT2D eigenvalue weighted by atomic mass is 19.4. The summed E-state index contributed by atoms with van der Waals surface area (Å²) in [7, 11) is 1.83. The van der Waals surface area contributed by atoms with E-state index >= 15 is 0 Å². The first-order valence-corrected chi connectivity index (χ1v) is 7.73. The van der Waals surface area contributed by atoms with E-state index in [1.165, 1.54) is 6.07 Å².